The van der Waals surface area contributed by atoms with Gasteiger partial charge in [-0.05, 0) is 75.4 Å². The zero-order chi connectivity index (χ0) is 22.5. The molecule has 0 saturated heterocycles. The van der Waals surface area contributed by atoms with Crippen LogP contribution in [0.15, 0.2) is 67.0 Å². The first-order chi connectivity index (χ1) is 15.4. The maximum absolute atomic E-state index is 12.6. The standard InChI is InChI=1S/C24H23N7O/c1-15-13-22(26-14-25-15)29-19-8-10-20(11-9-19)30-23(32)18-4-6-21(7-5-18)31-24-27-16(2)12-17(3)28-24/h4-14H,1-3H3,(H,30,32)(H,25,26,29)(H,27,28,31). The van der Waals surface area contributed by atoms with Crippen molar-refractivity contribution in [1.82, 2.24) is 19.9 Å². The van der Waals surface area contributed by atoms with E-state index in [9.17, 15) is 4.79 Å². The third-order valence-electron chi connectivity index (χ3n) is 4.60. The number of amides is 1. The van der Waals surface area contributed by atoms with Gasteiger partial charge in [-0.25, -0.2) is 19.9 Å². The summed E-state index contributed by atoms with van der Waals surface area (Å²) in [5.74, 6) is 1.06. The summed E-state index contributed by atoms with van der Waals surface area (Å²) in [5.41, 5.74) is 5.59. The number of anilines is 5. The molecule has 0 unspecified atom stereocenters. The molecule has 32 heavy (non-hydrogen) atoms. The number of benzene rings is 2. The first kappa shape index (κ1) is 20.9. The van der Waals surface area contributed by atoms with Crippen LogP contribution in [0.25, 0.3) is 0 Å². The molecule has 2 aromatic carbocycles. The van der Waals surface area contributed by atoms with Gasteiger partial charge in [0.05, 0.1) is 0 Å². The van der Waals surface area contributed by atoms with Crippen molar-refractivity contribution < 1.29 is 4.79 Å². The summed E-state index contributed by atoms with van der Waals surface area (Å²) >= 11 is 0. The summed E-state index contributed by atoms with van der Waals surface area (Å²) in [6.45, 7) is 5.76. The molecule has 3 N–H and O–H groups in total. The van der Waals surface area contributed by atoms with Crippen molar-refractivity contribution in [3.8, 4) is 0 Å². The molecule has 0 fully saturated rings. The lowest BCUT2D eigenvalue weighted by molar-refractivity contribution is 0.102. The maximum Gasteiger partial charge on any atom is 0.255 e. The van der Waals surface area contributed by atoms with E-state index < -0.39 is 0 Å². The topological polar surface area (TPSA) is 105 Å². The normalized spacial score (nSPS) is 10.5. The van der Waals surface area contributed by atoms with Gasteiger partial charge in [-0.2, -0.15) is 0 Å². The summed E-state index contributed by atoms with van der Waals surface area (Å²) in [6.07, 6.45) is 1.52. The predicted octanol–water partition coefficient (Wildman–Crippen LogP) is 4.93. The Morgan fingerprint density at radius 2 is 1.28 bits per heavy atom. The van der Waals surface area contributed by atoms with Gasteiger partial charge in [-0.3, -0.25) is 4.79 Å². The number of rotatable bonds is 6. The highest BCUT2D eigenvalue weighted by molar-refractivity contribution is 6.04. The van der Waals surface area contributed by atoms with Crippen molar-refractivity contribution in [2.75, 3.05) is 16.0 Å². The SMILES string of the molecule is Cc1cc(Nc2ccc(NC(=O)c3ccc(Nc4nc(C)cc(C)n4)cc3)cc2)ncn1. The zero-order valence-electron chi connectivity index (χ0n) is 18.0. The van der Waals surface area contributed by atoms with Crippen LogP contribution in [-0.4, -0.2) is 25.8 Å². The lowest BCUT2D eigenvalue weighted by Gasteiger charge is -2.10. The Labute approximate surface area is 186 Å². The van der Waals surface area contributed by atoms with Crippen LogP contribution in [0.2, 0.25) is 0 Å². The van der Waals surface area contributed by atoms with E-state index >= 15 is 0 Å². The average Bonchev–Trinajstić information content (AvgIpc) is 2.75. The molecule has 0 spiro atoms. The van der Waals surface area contributed by atoms with Gasteiger partial charge in [0, 0.05) is 45.8 Å². The molecule has 0 aliphatic rings. The van der Waals surface area contributed by atoms with Crippen molar-refractivity contribution in [2.24, 2.45) is 0 Å². The first-order valence-corrected chi connectivity index (χ1v) is 10.1. The number of hydrogen-bond acceptors (Lipinski definition) is 7. The smallest absolute Gasteiger partial charge is 0.255 e. The molecule has 1 amide bonds. The van der Waals surface area contributed by atoms with Crippen molar-refractivity contribution in [3.63, 3.8) is 0 Å². The van der Waals surface area contributed by atoms with Crippen LogP contribution in [0.4, 0.5) is 28.8 Å². The molecule has 2 aromatic heterocycles. The highest BCUT2D eigenvalue weighted by Crippen LogP contribution is 2.19. The minimum Gasteiger partial charge on any atom is -0.340 e. The molecule has 8 heteroatoms. The third-order valence-corrected chi connectivity index (χ3v) is 4.60. The second-order valence-corrected chi connectivity index (χ2v) is 7.38. The molecule has 4 rings (SSSR count). The zero-order valence-corrected chi connectivity index (χ0v) is 18.0. The van der Waals surface area contributed by atoms with Gasteiger partial charge in [0.15, 0.2) is 0 Å². The average molecular weight is 425 g/mol. The number of carbonyl (C=O) groups is 1. The summed E-state index contributed by atoms with van der Waals surface area (Å²) in [6, 6.07) is 18.4. The number of nitrogens with zero attached hydrogens (tertiary/aromatic N) is 4. The number of carbonyl (C=O) groups excluding carboxylic acids is 1. The van der Waals surface area contributed by atoms with Crippen LogP contribution in [0.3, 0.4) is 0 Å². The van der Waals surface area contributed by atoms with Gasteiger partial charge in [0.25, 0.3) is 5.91 Å². The van der Waals surface area contributed by atoms with Gasteiger partial charge >= 0.3 is 0 Å². The molecule has 0 atom stereocenters. The van der Waals surface area contributed by atoms with Crippen LogP contribution < -0.4 is 16.0 Å². The van der Waals surface area contributed by atoms with E-state index in [1.165, 1.54) is 6.33 Å². The second-order valence-electron chi connectivity index (χ2n) is 7.38. The highest BCUT2D eigenvalue weighted by Gasteiger charge is 2.07. The highest BCUT2D eigenvalue weighted by atomic mass is 16.1. The molecule has 160 valence electrons. The monoisotopic (exact) mass is 425 g/mol. The number of hydrogen-bond donors (Lipinski definition) is 3. The van der Waals surface area contributed by atoms with Gasteiger partial charge in [0.2, 0.25) is 5.95 Å². The fraction of sp³-hybridized carbons (Fsp3) is 0.125. The first-order valence-electron chi connectivity index (χ1n) is 10.1. The fourth-order valence-corrected chi connectivity index (χ4v) is 3.13. The van der Waals surface area contributed by atoms with Crippen LogP contribution in [0.5, 0.6) is 0 Å². The summed E-state index contributed by atoms with van der Waals surface area (Å²) in [7, 11) is 0. The quantitative estimate of drug-likeness (QED) is 0.402. The van der Waals surface area contributed by atoms with Crippen LogP contribution >= 0.6 is 0 Å². The molecule has 4 aromatic rings. The van der Waals surface area contributed by atoms with E-state index in [2.05, 4.69) is 35.9 Å². The van der Waals surface area contributed by atoms with E-state index in [0.29, 0.717) is 23.0 Å². The van der Waals surface area contributed by atoms with Crippen molar-refractivity contribution >= 4 is 34.7 Å². The lowest BCUT2D eigenvalue weighted by Crippen LogP contribution is -2.11. The van der Waals surface area contributed by atoms with Gasteiger partial charge in [0.1, 0.15) is 12.1 Å². The molecule has 0 aliphatic heterocycles. The minimum atomic E-state index is -0.189. The molecule has 8 nitrogen and oxygen atoms in total. The molecular weight excluding hydrogens is 402 g/mol. The molecule has 0 bridgehead atoms. The van der Waals surface area contributed by atoms with E-state index in [0.717, 1.165) is 28.5 Å². The van der Waals surface area contributed by atoms with Crippen molar-refractivity contribution in [3.05, 3.63) is 89.6 Å². The minimum absolute atomic E-state index is 0.189. The van der Waals surface area contributed by atoms with Crippen LogP contribution in [-0.2, 0) is 0 Å². The van der Waals surface area contributed by atoms with Crippen LogP contribution in [0, 0.1) is 20.8 Å². The van der Waals surface area contributed by atoms with Crippen LogP contribution in [0.1, 0.15) is 27.4 Å². The van der Waals surface area contributed by atoms with Crippen molar-refractivity contribution in [2.45, 2.75) is 20.8 Å². The van der Waals surface area contributed by atoms with E-state index in [1.54, 1.807) is 12.1 Å². The van der Waals surface area contributed by atoms with Gasteiger partial charge in [-0.15, -0.1) is 0 Å². The van der Waals surface area contributed by atoms with E-state index in [1.807, 2.05) is 69.3 Å². The maximum atomic E-state index is 12.6. The summed E-state index contributed by atoms with van der Waals surface area (Å²) in [4.78, 5) is 29.6. The number of nitrogens with one attached hydrogen (secondary N) is 3. The molecule has 0 aliphatic carbocycles. The fourth-order valence-electron chi connectivity index (χ4n) is 3.13. The summed E-state index contributed by atoms with van der Waals surface area (Å²) < 4.78 is 0. The molecule has 0 saturated carbocycles. The number of aromatic nitrogens is 4. The Morgan fingerprint density at radius 3 is 1.94 bits per heavy atom. The Balaban J connectivity index is 1.37. The molecule has 0 radical (unpaired) electrons. The Hall–Kier alpha value is -4.33. The lowest BCUT2D eigenvalue weighted by atomic mass is 10.2. The van der Waals surface area contributed by atoms with E-state index in [-0.39, 0.29) is 5.91 Å². The third kappa shape index (κ3) is 5.42. The molecular formula is C24H23N7O. The largest absolute Gasteiger partial charge is 0.340 e. The number of aryl methyl sites for hydroxylation is 3. The van der Waals surface area contributed by atoms with Crippen molar-refractivity contribution in [1.29, 1.82) is 0 Å². The predicted molar refractivity (Wildman–Crippen MR) is 126 cm³/mol. The Kier molecular flexibility index (Phi) is 6.03. The Bertz CT molecular complexity index is 1220. The molecule has 2 heterocycles. The van der Waals surface area contributed by atoms with Gasteiger partial charge < -0.3 is 16.0 Å². The van der Waals surface area contributed by atoms with E-state index in [4.69, 9.17) is 0 Å². The second kappa shape index (κ2) is 9.22. The summed E-state index contributed by atoms with van der Waals surface area (Å²) in [5, 5.41) is 9.28. The Morgan fingerprint density at radius 1 is 0.688 bits per heavy atom. The van der Waals surface area contributed by atoms with Gasteiger partial charge in [-0.1, -0.05) is 0 Å².